The van der Waals surface area contributed by atoms with Crippen molar-refractivity contribution in [3.8, 4) is 0 Å². The Morgan fingerprint density at radius 3 is 3.12 bits per heavy atom. The van der Waals surface area contributed by atoms with Gasteiger partial charge in [-0.1, -0.05) is 0 Å². The monoisotopic (exact) mass is 223 g/mol. The number of rotatable bonds is 5. The van der Waals surface area contributed by atoms with Crippen molar-refractivity contribution in [3.63, 3.8) is 0 Å². The van der Waals surface area contributed by atoms with Gasteiger partial charge >= 0.3 is 0 Å². The summed E-state index contributed by atoms with van der Waals surface area (Å²) in [7, 11) is 2.11. The quantitative estimate of drug-likeness (QED) is 0.646. The molecule has 0 unspecified atom stereocenters. The summed E-state index contributed by atoms with van der Waals surface area (Å²) >= 11 is 0. The number of nitrogens with zero attached hydrogens (tertiary/aromatic N) is 2. The molecule has 0 aliphatic heterocycles. The van der Waals surface area contributed by atoms with E-state index in [2.05, 4.69) is 27.2 Å². The Morgan fingerprint density at radius 2 is 2.44 bits per heavy atom. The van der Waals surface area contributed by atoms with Crippen molar-refractivity contribution in [2.75, 3.05) is 31.2 Å². The number of likely N-dealkylation sites (N-methyl/N-ethyl adjacent to an activating group) is 1. The van der Waals surface area contributed by atoms with Crippen molar-refractivity contribution < 1.29 is 0 Å². The third kappa shape index (κ3) is 2.52. The van der Waals surface area contributed by atoms with Crippen LogP contribution in [0.4, 0.5) is 11.5 Å². The van der Waals surface area contributed by atoms with Gasteiger partial charge < -0.3 is 20.9 Å². The van der Waals surface area contributed by atoms with Crippen LogP contribution >= 0.6 is 0 Å². The summed E-state index contributed by atoms with van der Waals surface area (Å²) in [6, 6.07) is 0.742. The van der Waals surface area contributed by atoms with Crippen molar-refractivity contribution in [2.24, 2.45) is 0 Å². The maximum absolute atomic E-state index is 11.2. The molecule has 1 aromatic rings. The van der Waals surface area contributed by atoms with Crippen LogP contribution in [0.25, 0.3) is 0 Å². The standard InChI is InChI=1S/C10H17N5O/c1-15(7-2-3-7)5-4-12-9-8(11)10(16)14-6-13-9/h6-7H,2-5,11H2,1H3,(H2,12,13,14,16). The Hall–Kier alpha value is -1.56. The molecule has 0 saturated heterocycles. The van der Waals surface area contributed by atoms with E-state index in [9.17, 15) is 4.79 Å². The summed E-state index contributed by atoms with van der Waals surface area (Å²) in [4.78, 5) is 19.9. The molecular formula is C10H17N5O. The normalized spacial score (nSPS) is 15.4. The molecule has 1 aromatic heterocycles. The van der Waals surface area contributed by atoms with Gasteiger partial charge in [0.05, 0.1) is 6.33 Å². The molecule has 0 atom stereocenters. The Balaban J connectivity index is 1.84. The Bertz CT molecular complexity index is 412. The molecule has 0 bridgehead atoms. The lowest BCUT2D eigenvalue weighted by Gasteiger charge is -2.16. The summed E-state index contributed by atoms with van der Waals surface area (Å²) < 4.78 is 0. The van der Waals surface area contributed by atoms with Gasteiger partial charge in [0.1, 0.15) is 5.69 Å². The van der Waals surface area contributed by atoms with E-state index in [0.29, 0.717) is 5.82 Å². The van der Waals surface area contributed by atoms with Crippen LogP contribution in [0.1, 0.15) is 12.8 Å². The molecule has 0 amide bonds. The minimum absolute atomic E-state index is 0.150. The summed E-state index contributed by atoms with van der Waals surface area (Å²) in [6.45, 7) is 1.67. The molecule has 1 fully saturated rings. The topological polar surface area (TPSA) is 87.0 Å². The molecule has 4 N–H and O–H groups in total. The van der Waals surface area contributed by atoms with Gasteiger partial charge in [-0.25, -0.2) is 4.98 Å². The lowest BCUT2D eigenvalue weighted by Crippen LogP contribution is -2.28. The maximum atomic E-state index is 11.2. The fraction of sp³-hybridized carbons (Fsp3) is 0.600. The zero-order chi connectivity index (χ0) is 11.5. The molecule has 0 spiro atoms. The van der Waals surface area contributed by atoms with Gasteiger partial charge in [-0.15, -0.1) is 0 Å². The Labute approximate surface area is 93.9 Å². The van der Waals surface area contributed by atoms with E-state index < -0.39 is 0 Å². The Kier molecular flexibility index (Phi) is 3.09. The molecular weight excluding hydrogens is 206 g/mol. The molecule has 0 aromatic carbocycles. The van der Waals surface area contributed by atoms with E-state index in [1.54, 1.807) is 0 Å². The molecule has 1 aliphatic rings. The van der Waals surface area contributed by atoms with Gasteiger partial charge in [0.15, 0.2) is 5.82 Å². The van der Waals surface area contributed by atoms with Crippen molar-refractivity contribution in [2.45, 2.75) is 18.9 Å². The second kappa shape index (κ2) is 4.52. The highest BCUT2D eigenvalue weighted by atomic mass is 16.1. The van der Waals surface area contributed by atoms with E-state index in [1.165, 1.54) is 19.2 Å². The van der Waals surface area contributed by atoms with E-state index >= 15 is 0 Å². The van der Waals surface area contributed by atoms with Gasteiger partial charge in [-0.05, 0) is 19.9 Å². The minimum Gasteiger partial charge on any atom is -0.391 e. The molecule has 6 heteroatoms. The number of nitrogens with two attached hydrogens (primary N) is 1. The van der Waals surface area contributed by atoms with Gasteiger partial charge in [0.2, 0.25) is 0 Å². The van der Waals surface area contributed by atoms with Crippen LogP contribution in [0, 0.1) is 0 Å². The van der Waals surface area contributed by atoms with Gasteiger partial charge in [0.25, 0.3) is 5.56 Å². The molecule has 6 nitrogen and oxygen atoms in total. The molecule has 1 heterocycles. The highest BCUT2D eigenvalue weighted by Gasteiger charge is 2.25. The maximum Gasteiger partial charge on any atom is 0.276 e. The largest absolute Gasteiger partial charge is 0.391 e. The zero-order valence-electron chi connectivity index (χ0n) is 9.36. The first kappa shape index (κ1) is 10.9. The van der Waals surface area contributed by atoms with Gasteiger partial charge in [0, 0.05) is 19.1 Å². The van der Waals surface area contributed by atoms with Crippen LogP contribution in [0.2, 0.25) is 0 Å². The molecule has 2 rings (SSSR count). The van der Waals surface area contributed by atoms with Crippen LogP contribution in [-0.2, 0) is 0 Å². The highest BCUT2D eigenvalue weighted by Crippen LogP contribution is 2.24. The summed E-state index contributed by atoms with van der Waals surface area (Å²) in [6.07, 6.45) is 3.94. The van der Waals surface area contributed by atoms with Crippen molar-refractivity contribution >= 4 is 11.5 Å². The molecule has 1 aliphatic carbocycles. The van der Waals surface area contributed by atoms with Crippen LogP contribution in [0.5, 0.6) is 0 Å². The van der Waals surface area contributed by atoms with Crippen LogP contribution in [0.15, 0.2) is 11.1 Å². The molecule has 1 saturated carbocycles. The molecule has 88 valence electrons. The number of hydrogen-bond donors (Lipinski definition) is 3. The predicted octanol–water partition coefficient (Wildman–Crippen LogP) is -0.142. The number of nitrogen functional groups attached to an aromatic ring is 1. The van der Waals surface area contributed by atoms with E-state index in [0.717, 1.165) is 19.1 Å². The lowest BCUT2D eigenvalue weighted by molar-refractivity contribution is 0.337. The van der Waals surface area contributed by atoms with Gasteiger partial charge in [-0.3, -0.25) is 4.79 Å². The number of anilines is 2. The van der Waals surface area contributed by atoms with Crippen molar-refractivity contribution in [1.29, 1.82) is 0 Å². The number of H-pyrrole nitrogens is 1. The number of nitrogens with one attached hydrogen (secondary N) is 2. The molecule has 0 radical (unpaired) electrons. The summed E-state index contributed by atoms with van der Waals surface area (Å²) in [5.41, 5.74) is 5.44. The number of aromatic nitrogens is 2. The third-order valence-corrected chi connectivity index (χ3v) is 2.82. The second-order valence-corrected chi connectivity index (χ2v) is 4.13. The third-order valence-electron chi connectivity index (χ3n) is 2.82. The minimum atomic E-state index is -0.298. The average molecular weight is 223 g/mol. The summed E-state index contributed by atoms with van der Waals surface area (Å²) in [5.74, 6) is 0.466. The highest BCUT2D eigenvalue weighted by molar-refractivity contribution is 5.58. The zero-order valence-corrected chi connectivity index (χ0v) is 9.36. The average Bonchev–Trinajstić information content (AvgIpc) is 3.07. The first-order valence-corrected chi connectivity index (χ1v) is 5.45. The second-order valence-electron chi connectivity index (χ2n) is 4.13. The fourth-order valence-corrected chi connectivity index (χ4v) is 1.60. The SMILES string of the molecule is CN(CCNc1nc[nH]c(=O)c1N)C1CC1. The predicted molar refractivity (Wildman–Crippen MR) is 63.4 cm³/mol. The van der Waals surface area contributed by atoms with Gasteiger partial charge in [-0.2, -0.15) is 0 Å². The smallest absolute Gasteiger partial charge is 0.276 e. The fourth-order valence-electron chi connectivity index (χ4n) is 1.60. The van der Waals surface area contributed by atoms with E-state index in [-0.39, 0.29) is 11.2 Å². The van der Waals surface area contributed by atoms with Crippen molar-refractivity contribution in [1.82, 2.24) is 14.9 Å². The summed E-state index contributed by atoms with van der Waals surface area (Å²) in [5, 5.41) is 3.07. The van der Waals surface area contributed by atoms with Crippen LogP contribution in [-0.4, -0.2) is 41.0 Å². The Morgan fingerprint density at radius 1 is 1.69 bits per heavy atom. The van der Waals surface area contributed by atoms with Crippen molar-refractivity contribution in [3.05, 3.63) is 16.7 Å². The first-order chi connectivity index (χ1) is 7.68. The first-order valence-electron chi connectivity index (χ1n) is 5.45. The number of hydrogen-bond acceptors (Lipinski definition) is 5. The van der Waals surface area contributed by atoms with E-state index in [4.69, 9.17) is 5.73 Å². The van der Waals surface area contributed by atoms with E-state index in [1.807, 2.05) is 0 Å². The van der Waals surface area contributed by atoms with Crippen LogP contribution in [0.3, 0.4) is 0 Å². The molecule has 16 heavy (non-hydrogen) atoms. The van der Waals surface area contributed by atoms with Crippen LogP contribution < -0.4 is 16.6 Å². The lowest BCUT2D eigenvalue weighted by atomic mass is 10.4. The number of aromatic amines is 1.